The summed E-state index contributed by atoms with van der Waals surface area (Å²) in [5, 5.41) is 3.03. The van der Waals surface area contributed by atoms with Crippen LogP contribution in [0.1, 0.15) is 55.0 Å². The largest absolute Gasteiger partial charge is 0.326 e. The molecule has 2 nitrogen and oxygen atoms in total. The van der Waals surface area contributed by atoms with Gasteiger partial charge >= 0.3 is 0 Å². The third kappa shape index (κ3) is 2.94. The van der Waals surface area contributed by atoms with Crippen molar-refractivity contribution in [1.29, 1.82) is 0 Å². The van der Waals surface area contributed by atoms with Gasteiger partial charge in [0.1, 0.15) is 0 Å². The molecule has 1 aliphatic carbocycles. The van der Waals surface area contributed by atoms with Crippen LogP contribution in [0.5, 0.6) is 0 Å². The van der Waals surface area contributed by atoms with Crippen LogP contribution in [0, 0.1) is 5.92 Å². The second-order valence-corrected chi connectivity index (χ2v) is 6.35. The number of rotatable bonds is 3. The predicted octanol–water partition coefficient (Wildman–Crippen LogP) is 4.43. The highest BCUT2D eigenvalue weighted by Gasteiger charge is 2.21. The molecule has 3 heteroatoms. The number of carbonyl (C=O) groups is 1. The minimum atomic E-state index is 0.117. The van der Waals surface area contributed by atoms with Crippen molar-refractivity contribution in [3.05, 3.63) is 29.3 Å². The summed E-state index contributed by atoms with van der Waals surface area (Å²) in [5.41, 5.74) is 3.40. The zero-order chi connectivity index (χ0) is 13.2. The van der Waals surface area contributed by atoms with Crippen LogP contribution >= 0.6 is 11.6 Å². The van der Waals surface area contributed by atoms with Crippen molar-refractivity contribution in [2.45, 2.75) is 50.3 Å². The standard InChI is InChI=1S/C16H20ClNO/c17-14(9-11-3-1-2-4-11)12-5-7-15-13(10-12)6-8-16(19)18-15/h5,7,10-11,14H,1-4,6,8-9H2,(H,18,19). The SMILES string of the molecule is O=C1CCc2cc(C(Cl)CC3CCCC3)ccc2N1. The molecule has 0 saturated heterocycles. The summed E-state index contributed by atoms with van der Waals surface area (Å²) in [4.78, 5) is 11.3. The maximum absolute atomic E-state index is 11.3. The number of alkyl halides is 1. The van der Waals surface area contributed by atoms with Gasteiger partial charge in [0, 0.05) is 12.1 Å². The van der Waals surface area contributed by atoms with Crippen LogP contribution in [0.25, 0.3) is 0 Å². The fourth-order valence-electron chi connectivity index (χ4n) is 3.27. The van der Waals surface area contributed by atoms with Gasteiger partial charge in [-0.1, -0.05) is 37.8 Å². The van der Waals surface area contributed by atoms with Crippen LogP contribution in [-0.4, -0.2) is 5.91 Å². The van der Waals surface area contributed by atoms with Gasteiger partial charge < -0.3 is 5.32 Å². The van der Waals surface area contributed by atoms with Gasteiger partial charge in [0.15, 0.2) is 0 Å². The normalized spacial score (nSPS) is 21.0. The first kappa shape index (κ1) is 13.0. The van der Waals surface area contributed by atoms with E-state index in [0.717, 1.165) is 24.4 Å². The summed E-state index contributed by atoms with van der Waals surface area (Å²) in [6, 6.07) is 6.25. The Morgan fingerprint density at radius 3 is 2.84 bits per heavy atom. The number of benzene rings is 1. The van der Waals surface area contributed by atoms with Gasteiger partial charge in [-0.3, -0.25) is 4.79 Å². The van der Waals surface area contributed by atoms with E-state index in [4.69, 9.17) is 11.6 Å². The Labute approximate surface area is 119 Å². The second kappa shape index (κ2) is 5.54. The fourth-order valence-corrected chi connectivity index (χ4v) is 3.66. The molecular formula is C16H20ClNO. The highest BCUT2D eigenvalue weighted by Crippen LogP contribution is 2.37. The lowest BCUT2D eigenvalue weighted by Crippen LogP contribution is -2.19. The molecule has 1 heterocycles. The number of aryl methyl sites for hydroxylation is 1. The van der Waals surface area contributed by atoms with E-state index in [1.54, 1.807) is 0 Å². The molecule has 1 fully saturated rings. The zero-order valence-electron chi connectivity index (χ0n) is 11.1. The summed E-state index contributed by atoms with van der Waals surface area (Å²) in [6.07, 6.45) is 7.92. The Morgan fingerprint density at radius 1 is 1.26 bits per heavy atom. The van der Waals surface area contributed by atoms with Crippen LogP contribution in [0.4, 0.5) is 5.69 Å². The Hall–Kier alpha value is -1.02. The highest BCUT2D eigenvalue weighted by molar-refractivity contribution is 6.20. The maximum atomic E-state index is 11.3. The van der Waals surface area contributed by atoms with Gasteiger partial charge in [-0.05, 0) is 36.0 Å². The van der Waals surface area contributed by atoms with Crippen molar-refractivity contribution in [3.63, 3.8) is 0 Å². The van der Waals surface area contributed by atoms with E-state index in [9.17, 15) is 4.79 Å². The molecule has 1 amide bonds. The summed E-state index contributed by atoms with van der Waals surface area (Å²) in [6.45, 7) is 0. The van der Waals surface area contributed by atoms with Crippen molar-refractivity contribution in [2.75, 3.05) is 5.32 Å². The minimum Gasteiger partial charge on any atom is -0.326 e. The second-order valence-electron chi connectivity index (χ2n) is 5.82. The molecule has 3 rings (SSSR count). The molecule has 0 radical (unpaired) electrons. The fraction of sp³-hybridized carbons (Fsp3) is 0.562. The topological polar surface area (TPSA) is 29.1 Å². The summed E-state index contributed by atoms with van der Waals surface area (Å²) in [7, 11) is 0. The molecule has 0 aromatic heterocycles. The lowest BCUT2D eigenvalue weighted by Gasteiger charge is -2.20. The molecule has 2 aliphatic rings. The molecule has 1 aliphatic heterocycles. The van der Waals surface area contributed by atoms with E-state index >= 15 is 0 Å². The smallest absolute Gasteiger partial charge is 0.224 e. The molecule has 1 aromatic carbocycles. The Bertz CT molecular complexity index is 480. The van der Waals surface area contributed by atoms with Gasteiger partial charge in [-0.15, -0.1) is 11.6 Å². The Morgan fingerprint density at radius 2 is 2.05 bits per heavy atom. The Balaban J connectivity index is 1.72. The molecular weight excluding hydrogens is 258 g/mol. The van der Waals surface area contributed by atoms with Gasteiger partial charge in [0.25, 0.3) is 0 Å². The number of fused-ring (bicyclic) bond motifs is 1. The number of nitrogens with one attached hydrogen (secondary N) is 1. The number of amides is 1. The van der Waals surface area contributed by atoms with Crippen molar-refractivity contribution < 1.29 is 4.79 Å². The highest BCUT2D eigenvalue weighted by atomic mass is 35.5. The third-order valence-corrected chi connectivity index (χ3v) is 4.83. The molecule has 19 heavy (non-hydrogen) atoms. The van der Waals surface area contributed by atoms with E-state index in [0.29, 0.717) is 6.42 Å². The maximum Gasteiger partial charge on any atom is 0.224 e. The first-order valence-corrected chi connectivity index (χ1v) is 7.73. The monoisotopic (exact) mass is 277 g/mol. The van der Waals surface area contributed by atoms with E-state index < -0.39 is 0 Å². The molecule has 1 unspecified atom stereocenters. The number of hydrogen-bond acceptors (Lipinski definition) is 1. The van der Waals surface area contributed by atoms with Crippen molar-refractivity contribution in [2.24, 2.45) is 5.92 Å². The van der Waals surface area contributed by atoms with Crippen LogP contribution in [-0.2, 0) is 11.2 Å². The van der Waals surface area contributed by atoms with Crippen LogP contribution in [0.2, 0.25) is 0 Å². The van der Waals surface area contributed by atoms with Gasteiger partial charge in [0.05, 0.1) is 5.38 Å². The zero-order valence-corrected chi connectivity index (χ0v) is 11.9. The van der Waals surface area contributed by atoms with Crippen molar-refractivity contribution >= 4 is 23.2 Å². The quantitative estimate of drug-likeness (QED) is 0.814. The molecule has 1 N–H and O–H groups in total. The van der Waals surface area contributed by atoms with E-state index in [1.807, 2.05) is 6.07 Å². The summed E-state index contributed by atoms with van der Waals surface area (Å²) in [5.74, 6) is 0.923. The first-order chi connectivity index (χ1) is 9.22. The number of carbonyl (C=O) groups excluding carboxylic acids is 1. The number of anilines is 1. The molecule has 0 spiro atoms. The molecule has 1 saturated carbocycles. The molecule has 1 aromatic rings. The van der Waals surface area contributed by atoms with E-state index in [-0.39, 0.29) is 11.3 Å². The minimum absolute atomic E-state index is 0.117. The lowest BCUT2D eigenvalue weighted by atomic mass is 9.94. The first-order valence-electron chi connectivity index (χ1n) is 7.29. The van der Waals surface area contributed by atoms with Gasteiger partial charge in [0.2, 0.25) is 5.91 Å². The lowest BCUT2D eigenvalue weighted by molar-refractivity contribution is -0.116. The van der Waals surface area contributed by atoms with Crippen LogP contribution in [0.3, 0.4) is 0 Å². The average Bonchev–Trinajstić information content (AvgIpc) is 2.91. The average molecular weight is 278 g/mol. The van der Waals surface area contributed by atoms with Gasteiger partial charge in [-0.2, -0.15) is 0 Å². The molecule has 1 atom stereocenters. The third-order valence-electron chi connectivity index (χ3n) is 4.40. The predicted molar refractivity (Wildman–Crippen MR) is 78.6 cm³/mol. The molecule has 0 bridgehead atoms. The van der Waals surface area contributed by atoms with E-state index in [1.165, 1.54) is 36.8 Å². The van der Waals surface area contributed by atoms with Crippen LogP contribution < -0.4 is 5.32 Å². The van der Waals surface area contributed by atoms with Crippen molar-refractivity contribution in [3.8, 4) is 0 Å². The van der Waals surface area contributed by atoms with Gasteiger partial charge in [-0.25, -0.2) is 0 Å². The number of halogens is 1. The molecule has 102 valence electrons. The summed E-state index contributed by atoms with van der Waals surface area (Å²) < 4.78 is 0. The van der Waals surface area contributed by atoms with Crippen LogP contribution in [0.15, 0.2) is 18.2 Å². The van der Waals surface area contributed by atoms with E-state index in [2.05, 4.69) is 17.4 Å². The summed E-state index contributed by atoms with van der Waals surface area (Å²) >= 11 is 6.57. The van der Waals surface area contributed by atoms with Crippen molar-refractivity contribution in [1.82, 2.24) is 0 Å². The number of hydrogen-bond donors (Lipinski definition) is 1. The Kier molecular flexibility index (Phi) is 3.79.